The maximum absolute atomic E-state index is 11.7. The molecule has 0 spiro atoms. The fourth-order valence-corrected chi connectivity index (χ4v) is 2.23. The summed E-state index contributed by atoms with van der Waals surface area (Å²) in [7, 11) is 0. The van der Waals surface area contributed by atoms with Gasteiger partial charge in [0.1, 0.15) is 0 Å². The summed E-state index contributed by atoms with van der Waals surface area (Å²) in [6.45, 7) is 2.13. The zero-order valence-electron chi connectivity index (χ0n) is 10.3. The minimum Gasteiger partial charge on any atom is -0.481 e. The van der Waals surface area contributed by atoms with Gasteiger partial charge >= 0.3 is 5.97 Å². The summed E-state index contributed by atoms with van der Waals surface area (Å²) in [4.78, 5) is 22.1. The van der Waals surface area contributed by atoms with Crippen molar-refractivity contribution in [1.82, 2.24) is 5.32 Å². The Balaban J connectivity index is 2.34. The number of amides is 1. The molecule has 98 valence electrons. The second-order valence-corrected chi connectivity index (χ2v) is 4.92. The molecular weight excluding hydrogens is 220 g/mol. The van der Waals surface area contributed by atoms with Crippen molar-refractivity contribution in [1.29, 1.82) is 0 Å². The SMILES string of the molecule is CC1CCCCC1NC(=O)C(N)CCC(=O)O. The van der Waals surface area contributed by atoms with Gasteiger partial charge in [-0.15, -0.1) is 0 Å². The molecule has 0 heterocycles. The van der Waals surface area contributed by atoms with Crippen LogP contribution in [0.2, 0.25) is 0 Å². The van der Waals surface area contributed by atoms with Gasteiger partial charge in [0.15, 0.2) is 0 Å². The fourth-order valence-electron chi connectivity index (χ4n) is 2.23. The van der Waals surface area contributed by atoms with E-state index in [1.807, 2.05) is 0 Å². The van der Waals surface area contributed by atoms with E-state index in [-0.39, 0.29) is 24.8 Å². The van der Waals surface area contributed by atoms with E-state index in [1.165, 1.54) is 6.42 Å². The van der Waals surface area contributed by atoms with Crippen LogP contribution in [0.15, 0.2) is 0 Å². The fraction of sp³-hybridized carbons (Fsp3) is 0.833. The number of aliphatic carboxylic acids is 1. The van der Waals surface area contributed by atoms with Crippen LogP contribution >= 0.6 is 0 Å². The summed E-state index contributed by atoms with van der Waals surface area (Å²) in [6.07, 6.45) is 4.63. The molecule has 5 heteroatoms. The highest BCUT2D eigenvalue weighted by Crippen LogP contribution is 2.23. The van der Waals surface area contributed by atoms with Gasteiger partial charge in [-0.25, -0.2) is 0 Å². The molecule has 17 heavy (non-hydrogen) atoms. The van der Waals surface area contributed by atoms with Crippen LogP contribution < -0.4 is 11.1 Å². The molecule has 5 nitrogen and oxygen atoms in total. The van der Waals surface area contributed by atoms with Gasteiger partial charge in [0.2, 0.25) is 5.91 Å². The lowest BCUT2D eigenvalue weighted by molar-refractivity contribution is -0.137. The lowest BCUT2D eigenvalue weighted by Gasteiger charge is -2.30. The van der Waals surface area contributed by atoms with E-state index in [2.05, 4.69) is 12.2 Å². The number of nitrogens with two attached hydrogens (primary N) is 1. The molecule has 0 aromatic heterocycles. The van der Waals surface area contributed by atoms with Crippen molar-refractivity contribution < 1.29 is 14.7 Å². The summed E-state index contributed by atoms with van der Waals surface area (Å²) in [5.41, 5.74) is 5.65. The Labute approximate surface area is 102 Å². The Hall–Kier alpha value is -1.10. The molecule has 0 aliphatic heterocycles. The van der Waals surface area contributed by atoms with Gasteiger partial charge in [0, 0.05) is 12.5 Å². The largest absolute Gasteiger partial charge is 0.481 e. The van der Waals surface area contributed by atoms with Crippen LogP contribution in [0.1, 0.15) is 45.4 Å². The number of carboxylic acid groups (broad SMARTS) is 1. The monoisotopic (exact) mass is 242 g/mol. The Morgan fingerprint density at radius 3 is 2.65 bits per heavy atom. The minimum absolute atomic E-state index is 0.0607. The molecule has 1 amide bonds. The molecule has 0 aromatic rings. The number of hydrogen-bond donors (Lipinski definition) is 3. The molecule has 0 aromatic carbocycles. The Kier molecular flexibility index (Phi) is 5.41. The average molecular weight is 242 g/mol. The lowest BCUT2D eigenvalue weighted by atomic mass is 9.86. The van der Waals surface area contributed by atoms with Crippen LogP contribution in [0.4, 0.5) is 0 Å². The summed E-state index contributed by atoms with van der Waals surface area (Å²) in [5, 5.41) is 11.5. The van der Waals surface area contributed by atoms with Crippen molar-refractivity contribution in [2.24, 2.45) is 11.7 Å². The van der Waals surface area contributed by atoms with Gasteiger partial charge in [-0.2, -0.15) is 0 Å². The first-order valence-corrected chi connectivity index (χ1v) is 6.28. The first kappa shape index (κ1) is 14.0. The van der Waals surface area contributed by atoms with Crippen LogP contribution in [-0.2, 0) is 9.59 Å². The summed E-state index contributed by atoms with van der Waals surface area (Å²) in [5.74, 6) is -0.649. The van der Waals surface area contributed by atoms with Crippen molar-refractivity contribution in [3.05, 3.63) is 0 Å². The topological polar surface area (TPSA) is 92.4 Å². The minimum atomic E-state index is -0.917. The number of carboxylic acids is 1. The summed E-state index contributed by atoms with van der Waals surface area (Å²) < 4.78 is 0. The van der Waals surface area contributed by atoms with Gasteiger partial charge < -0.3 is 16.2 Å². The second-order valence-electron chi connectivity index (χ2n) is 4.92. The van der Waals surface area contributed by atoms with E-state index in [0.717, 1.165) is 19.3 Å². The number of carbonyl (C=O) groups excluding carboxylic acids is 1. The Morgan fingerprint density at radius 1 is 1.41 bits per heavy atom. The molecule has 4 N–H and O–H groups in total. The van der Waals surface area contributed by atoms with Crippen LogP contribution in [0.25, 0.3) is 0 Å². The number of hydrogen-bond acceptors (Lipinski definition) is 3. The van der Waals surface area contributed by atoms with Gasteiger partial charge in [-0.05, 0) is 25.2 Å². The van der Waals surface area contributed by atoms with Gasteiger partial charge in [0.05, 0.1) is 6.04 Å². The van der Waals surface area contributed by atoms with Crippen molar-refractivity contribution in [2.75, 3.05) is 0 Å². The van der Waals surface area contributed by atoms with Gasteiger partial charge in [-0.1, -0.05) is 19.8 Å². The third kappa shape index (κ3) is 4.73. The smallest absolute Gasteiger partial charge is 0.303 e. The zero-order chi connectivity index (χ0) is 12.8. The van der Waals surface area contributed by atoms with E-state index in [4.69, 9.17) is 10.8 Å². The van der Waals surface area contributed by atoms with Crippen LogP contribution in [0, 0.1) is 5.92 Å². The maximum Gasteiger partial charge on any atom is 0.303 e. The standard InChI is InChI=1S/C12H22N2O3/c1-8-4-2-3-5-10(8)14-12(17)9(13)6-7-11(15)16/h8-10H,2-7,13H2,1H3,(H,14,17)(H,15,16). The van der Waals surface area contributed by atoms with Crippen molar-refractivity contribution in [3.8, 4) is 0 Å². The quantitative estimate of drug-likeness (QED) is 0.667. The van der Waals surface area contributed by atoms with Crippen molar-refractivity contribution in [2.45, 2.75) is 57.5 Å². The molecule has 0 bridgehead atoms. The van der Waals surface area contributed by atoms with Gasteiger partial charge in [-0.3, -0.25) is 9.59 Å². The zero-order valence-corrected chi connectivity index (χ0v) is 10.3. The predicted octanol–water partition coefficient (Wildman–Crippen LogP) is 0.873. The first-order chi connectivity index (χ1) is 8.00. The Bertz CT molecular complexity index is 281. The third-order valence-electron chi connectivity index (χ3n) is 3.45. The second kappa shape index (κ2) is 6.59. The summed E-state index contributed by atoms with van der Waals surface area (Å²) in [6, 6.07) is -0.507. The van der Waals surface area contributed by atoms with E-state index < -0.39 is 12.0 Å². The lowest BCUT2D eigenvalue weighted by Crippen LogP contribution is -2.48. The van der Waals surface area contributed by atoms with E-state index in [1.54, 1.807) is 0 Å². The molecule has 3 atom stereocenters. The van der Waals surface area contributed by atoms with Crippen molar-refractivity contribution >= 4 is 11.9 Å². The third-order valence-corrected chi connectivity index (χ3v) is 3.45. The summed E-state index contributed by atoms with van der Waals surface area (Å²) >= 11 is 0. The molecule has 1 aliphatic carbocycles. The molecule has 0 saturated heterocycles. The van der Waals surface area contributed by atoms with Gasteiger partial charge in [0.25, 0.3) is 0 Å². The molecule has 1 rings (SSSR count). The first-order valence-electron chi connectivity index (χ1n) is 6.28. The average Bonchev–Trinajstić information content (AvgIpc) is 2.28. The highest BCUT2D eigenvalue weighted by Gasteiger charge is 2.25. The molecular formula is C12H22N2O3. The highest BCUT2D eigenvalue weighted by molar-refractivity contribution is 5.82. The molecule has 1 fully saturated rings. The molecule has 3 unspecified atom stereocenters. The van der Waals surface area contributed by atoms with E-state index in [0.29, 0.717) is 5.92 Å². The number of carbonyl (C=O) groups is 2. The van der Waals surface area contributed by atoms with Crippen molar-refractivity contribution in [3.63, 3.8) is 0 Å². The maximum atomic E-state index is 11.7. The normalized spacial score (nSPS) is 26.2. The van der Waals surface area contributed by atoms with Crippen LogP contribution in [0.5, 0.6) is 0 Å². The number of rotatable bonds is 5. The molecule has 1 aliphatic rings. The molecule has 1 saturated carbocycles. The highest BCUT2D eigenvalue weighted by atomic mass is 16.4. The van der Waals surface area contributed by atoms with Crippen LogP contribution in [-0.4, -0.2) is 29.1 Å². The number of nitrogens with one attached hydrogen (secondary N) is 1. The Morgan fingerprint density at radius 2 is 2.06 bits per heavy atom. The van der Waals surface area contributed by atoms with E-state index in [9.17, 15) is 9.59 Å². The van der Waals surface area contributed by atoms with Crippen LogP contribution in [0.3, 0.4) is 0 Å². The predicted molar refractivity (Wildman–Crippen MR) is 64.4 cm³/mol. The van der Waals surface area contributed by atoms with E-state index >= 15 is 0 Å². The molecule has 0 radical (unpaired) electrons.